The molecule has 1 fully saturated rings. The molecule has 0 bridgehead atoms. The van der Waals surface area contributed by atoms with E-state index in [1.807, 2.05) is 25.1 Å². The van der Waals surface area contributed by atoms with Crippen LogP contribution in [-0.4, -0.2) is 39.5 Å². The van der Waals surface area contributed by atoms with Gasteiger partial charge in [0.2, 0.25) is 0 Å². The van der Waals surface area contributed by atoms with Crippen molar-refractivity contribution in [1.29, 1.82) is 0 Å². The summed E-state index contributed by atoms with van der Waals surface area (Å²) in [5.74, 6) is 0.696. The van der Waals surface area contributed by atoms with Crippen LogP contribution in [0.2, 0.25) is 0 Å². The number of amides is 2. The highest BCUT2D eigenvalue weighted by molar-refractivity contribution is 5.89. The molecule has 1 aliphatic rings. The van der Waals surface area contributed by atoms with Crippen molar-refractivity contribution in [2.24, 2.45) is 0 Å². The lowest BCUT2D eigenvalue weighted by molar-refractivity contribution is 0.172. The van der Waals surface area contributed by atoms with Crippen molar-refractivity contribution in [2.75, 3.05) is 18.5 Å². The molecular weight excluding hydrogens is 270 g/mol. The number of anilines is 1. The van der Waals surface area contributed by atoms with Gasteiger partial charge in [-0.1, -0.05) is 6.07 Å². The van der Waals surface area contributed by atoms with Crippen LogP contribution in [0.1, 0.15) is 13.3 Å². The molecule has 0 spiro atoms. The fourth-order valence-electron chi connectivity index (χ4n) is 2.20. The van der Waals surface area contributed by atoms with E-state index < -0.39 is 0 Å². The zero-order chi connectivity index (χ0) is 14.7. The molecule has 0 saturated carbocycles. The van der Waals surface area contributed by atoms with Crippen molar-refractivity contribution in [3.05, 3.63) is 36.8 Å². The quantitative estimate of drug-likeness (QED) is 0.898. The van der Waals surface area contributed by atoms with Crippen LogP contribution in [0.15, 0.2) is 36.8 Å². The zero-order valence-electron chi connectivity index (χ0n) is 11.7. The first-order valence-electron chi connectivity index (χ1n) is 6.78. The van der Waals surface area contributed by atoms with Gasteiger partial charge in [-0.2, -0.15) is 5.10 Å². The molecular formula is C14H17N5O2. The van der Waals surface area contributed by atoms with Gasteiger partial charge in [-0.3, -0.25) is 0 Å². The molecule has 2 amide bonds. The van der Waals surface area contributed by atoms with Crippen LogP contribution in [0.3, 0.4) is 0 Å². The summed E-state index contributed by atoms with van der Waals surface area (Å²) >= 11 is 0. The van der Waals surface area contributed by atoms with Gasteiger partial charge in [-0.15, -0.1) is 0 Å². The van der Waals surface area contributed by atoms with Gasteiger partial charge < -0.3 is 15.4 Å². The minimum atomic E-state index is -0.305. The van der Waals surface area contributed by atoms with E-state index in [-0.39, 0.29) is 11.6 Å². The minimum absolute atomic E-state index is 0.261. The average Bonchev–Trinajstić information content (AvgIpc) is 3.09. The van der Waals surface area contributed by atoms with Crippen LogP contribution in [0.5, 0.6) is 0 Å². The third-order valence-corrected chi connectivity index (χ3v) is 3.36. The molecule has 2 aromatic heterocycles. The molecule has 7 nitrogen and oxygen atoms in total. The Morgan fingerprint density at radius 2 is 2.38 bits per heavy atom. The molecule has 2 aromatic rings. The standard InChI is InChI=1S/C14H17N5O2/c1-14(5-7-21-10-14)18-13(20)17-11-8-16-19(9-11)12-4-2-3-6-15-12/h2-4,6,8-9H,5,7,10H2,1H3,(H2,17,18,20)/t14-/m1/s1. The second-order valence-electron chi connectivity index (χ2n) is 5.30. The van der Waals surface area contributed by atoms with Gasteiger partial charge in [0, 0.05) is 12.8 Å². The maximum absolute atomic E-state index is 12.0. The second kappa shape index (κ2) is 5.53. The van der Waals surface area contributed by atoms with Gasteiger partial charge >= 0.3 is 6.03 Å². The third kappa shape index (κ3) is 3.19. The molecule has 3 heterocycles. The smallest absolute Gasteiger partial charge is 0.319 e. The Labute approximate surface area is 122 Å². The number of nitrogens with zero attached hydrogens (tertiary/aromatic N) is 3. The number of urea groups is 1. The van der Waals surface area contributed by atoms with E-state index in [1.54, 1.807) is 23.3 Å². The highest BCUT2D eigenvalue weighted by Gasteiger charge is 2.31. The van der Waals surface area contributed by atoms with Crippen molar-refractivity contribution in [3.63, 3.8) is 0 Å². The van der Waals surface area contributed by atoms with E-state index in [1.165, 1.54) is 0 Å². The van der Waals surface area contributed by atoms with Gasteiger partial charge in [0.1, 0.15) is 0 Å². The van der Waals surface area contributed by atoms with E-state index in [2.05, 4.69) is 20.7 Å². The number of aromatic nitrogens is 3. The highest BCUT2D eigenvalue weighted by atomic mass is 16.5. The minimum Gasteiger partial charge on any atom is -0.379 e. The maximum atomic E-state index is 12.0. The lowest BCUT2D eigenvalue weighted by Gasteiger charge is -2.23. The Bertz CT molecular complexity index is 619. The molecule has 3 rings (SSSR count). The first-order chi connectivity index (χ1) is 10.1. The number of hydrogen-bond acceptors (Lipinski definition) is 4. The molecule has 1 aliphatic heterocycles. The summed E-state index contributed by atoms with van der Waals surface area (Å²) < 4.78 is 6.91. The van der Waals surface area contributed by atoms with E-state index in [0.717, 1.165) is 6.42 Å². The maximum Gasteiger partial charge on any atom is 0.319 e. The largest absolute Gasteiger partial charge is 0.379 e. The topological polar surface area (TPSA) is 81.1 Å². The molecule has 7 heteroatoms. The Kier molecular flexibility index (Phi) is 3.57. The molecule has 0 unspecified atom stereocenters. The number of carbonyl (C=O) groups is 1. The average molecular weight is 287 g/mol. The molecule has 110 valence electrons. The number of rotatable bonds is 3. The van der Waals surface area contributed by atoms with Crippen LogP contribution >= 0.6 is 0 Å². The number of ether oxygens (including phenoxy) is 1. The molecule has 1 atom stereocenters. The van der Waals surface area contributed by atoms with E-state index >= 15 is 0 Å². The SMILES string of the molecule is C[C@@]1(NC(=O)Nc2cnn(-c3ccccn3)c2)CCOC1. The number of hydrogen-bond donors (Lipinski definition) is 2. The Balaban J connectivity index is 1.63. The van der Waals surface area contributed by atoms with Crippen molar-refractivity contribution in [3.8, 4) is 5.82 Å². The summed E-state index contributed by atoms with van der Waals surface area (Å²) in [5, 5.41) is 9.87. The summed E-state index contributed by atoms with van der Waals surface area (Å²) in [4.78, 5) is 16.2. The number of carbonyl (C=O) groups excluding carboxylic acids is 1. The molecule has 0 aromatic carbocycles. The van der Waals surface area contributed by atoms with Gasteiger partial charge in [0.15, 0.2) is 5.82 Å². The monoisotopic (exact) mass is 287 g/mol. The van der Waals surface area contributed by atoms with Crippen LogP contribution in [0.25, 0.3) is 5.82 Å². The van der Waals surface area contributed by atoms with Crippen LogP contribution in [-0.2, 0) is 4.74 Å². The normalized spacial score (nSPS) is 21.2. The predicted molar refractivity (Wildman–Crippen MR) is 77.4 cm³/mol. The predicted octanol–water partition coefficient (Wildman–Crippen LogP) is 1.57. The Morgan fingerprint density at radius 1 is 1.48 bits per heavy atom. The highest BCUT2D eigenvalue weighted by Crippen LogP contribution is 2.17. The van der Waals surface area contributed by atoms with Gasteiger partial charge in [0.25, 0.3) is 0 Å². The molecule has 2 N–H and O–H groups in total. The van der Waals surface area contributed by atoms with E-state index in [9.17, 15) is 4.79 Å². The first kappa shape index (κ1) is 13.6. The molecule has 21 heavy (non-hydrogen) atoms. The fraction of sp³-hybridized carbons (Fsp3) is 0.357. The molecule has 1 saturated heterocycles. The summed E-state index contributed by atoms with van der Waals surface area (Å²) in [6, 6.07) is 5.30. The van der Waals surface area contributed by atoms with Crippen LogP contribution in [0, 0.1) is 0 Å². The van der Waals surface area contributed by atoms with Crippen molar-refractivity contribution in [1.82, 2.24) is 20.1 Å². The lowest BCUT2D eigenvalue weighted by Crippen LogP contribution is -2.48. The van der Waals surface area contributed by atoms with Crippen LogP contribution in [0.4, 0.5) is 10.5 Å². The van der Waals surface area contributed by atoms with Gasteiger partial charge in [0.05, 0.1) is 30.2 Å². The Hall–Kier alpha value is -2.41. The Morgan fingerprint density at radius 3 is 3.10 bits per heavy atom. The summed E-state index contributed by atoms with van der Waals surface area (Å²) in [7, 11) is 0. The van der Waals surface area contributed by atoms with Gasteiger partial charge in [-0.25, -0.2) is 14.5 Å². The number of pyridine rings is 1. The second-order valence-corrected chi connectivity index (χ2v) is 5.30. The van der Waals surface area contributed by atoms with Crippen molar-refractivity contribution >= 4 is 11.7 Å². The zero-order valence-corrected chi connectivity index (χ0v) is 11.7. The van der Waals surface area contributed by atoms with Gasteiger partial charge in [-0.05, 0) is 25.5 Å². The van der Waals surface area contributed by atoms with E-state index in [4.69, 9.17) is 4.74 Å². The van der Waals surface area contributed by atoms with Crippen molar-refractivity contribution < 1.29 is 9.53 Å². The van der Waals surface area contributed by atoms with Crippen molar-refractivity contribution in [2.45, 2.75) is 18.9 Å². The fourth-order valence-corrected chi connectivity index (χ4v) is 2.20. The summed E-state index contributed by atoms with van der Waals surface area (Å²) in [5.41, 5.74) is 0.307. The van der Waals surface area contributed by atoms with E-state index in [0.29, 0.717) is 24.7 Å². The van der Waals surface area contributed by atoms with Crippen LogP contribution < -0.4 is 10.6 Å². The first-order valence-corrected chi connectivity index (χ1v) is 6.78. The number of nitrogens with one attached hydrogen (secondary N) is 2. The summed E-state index contributed by atoms with van der Waals surface area (Å²) in [6.07, 6.45) is 5.81. The third-order valence-electron chi connectivity index (χ3n) is 3.36. The molecule has 0 radical (unpaired) electrons. The lowest BCUT2D eigenvalue weighted by atomic mass is 10.0. The molecule has 0 aliphatic carbocycles. The summed E-state index contributed by atoms with van der Waals surface area (Å²) in [6.45, 7) is 3.18.